The maximum Gasteiger partial charge on any atom is 0.277 e. The molecule has 0 saturated carbocycles. The Morgan fingerprint density at radius 1 is 1.15 bits per heavy atom. The van der Waals surface area contributed by atoms with E-state index in [0.29, 0.717) is 16.1 Å². The quantitative estimate of drug-likeness (QED) is 0.611. The largest absolute Gasteiger partial charge is 0.411 e. The van der Waals surface area contributed by atoms with Gasteiger partial charge in [0.2, 0.25) is 11.8 Å². The van der Waals surface area contributed by atoms with Crippen molar-refractivity contribution < 1.29 is 9.21 Å². The molecule has 1 amide bonds. The third kappa shape index (κ3) is 4.75. The average Bonchev–Trinajstić information content (AvgIpc) is 3.04. The number of amides is 1. The van der Waals surface area contributed by atoms with Gasteiger partial charge in [0.15, 0.2) is 5.82 Å². The summed E-state index contributed by atoms with van der Waals surface area (Å²) in [6, 6.07) is 7.51. The smallest absolute Gasteiger partial charge is 0.277 e. The van der Waals surface area contributed by atoms with Crippen molar-refractivity contribution in [1.82, 2.24) is 15.2 Å². The Hall–Kier alpha value is -2.09. The maximum absolute atomic E-state index is 12.0. The number of halogens is 2. The number of benzene rings is 1. The van der Waals surface area contributed by atoms with Gasteiger partial charge in [-0.1, -0.05) is 52.2 Å². The van der Waals surface area contributed by atoms with Crippen LogP contribution in [-0.4, -0.2) is 26.8 Å². The number of aryl methyl sites for hydroxylation is 2. The number of hydrogen-bond acceptors (Lipinski definition) is 6. The van der Waals surface area contributed by atoms with E-state index in [0.717, 1.165) is 28.5 Å². The molecule has 134 valence electrons. The molecule has 9 heteroatoms. The van der Waals surface area contributed by atoms with Gasteiger partial charge < -0.3 is 9.73 Å². The van der Waals surface area contributed by atoms with Gasteiger partial charge in [0, 0.05) is 11.8 Å². The molecule has 0 radical (unpaired) electrons. The third-order valence-electron chi connectivity index (χ3n) is 3.27. The molecule has 0 fully saturated rings. The van der Waals surface area contributed by atoms with Crippen LogP contribution in [0, 0.1) is 13.8 Å². The van der Waals surface area contributed by atoms with Crippen molar-refractivity contribution in [3.63, 3.8) is 0 Å². The standard InChI is InChI=1S/C17H14Cl2N4O2S/c1-9-3-10(2)5-11(4-9)16-22-23-17(25-16)26-8-14(24)21-15-13(19)6-12(18)7-20-15/h3-7H,8H2,1-2H3,(H,20,21,24). The van der Waals surface area contributed by atoms with E-state index in [9.17, 15) is 4.79 Å². The van der Waals surface area contributed by atoms with Crippen LogP contribution in [0.5, 0.6) is 0 Å². The van der Waals surface area contributed by atoms with E-state index in [2.05, 4.69) is 26.6 Å². The van der Waals surface area contributed by atoms with Crippen molar-refractivity contribution in [3.8, 4) is 11.5 Å². The van der Waals surface area contributed by atoms with Crippen molar-refractivity contribution in [3.05, 3.63) is 51.6 Å². The Balaban J connectivity index is 1.61. The number of hydrogen-bond donors (Lipinski definition) is 1. The number of thioether (sulfide) groups is 1. The van der Waals surface area contributed by atoms with Crippen LogP contribution in [0.4, 0.5) is 5.82 Å². The van der Waals surface area contributed by atoms with Gasteiger partial charge in [-0.15, -0.1) is 10.2 Å². The zero-order valence-electron chi connectivity index (χ0n) is 13.9. The predicted octanol–water partition coefficient (Wildman–Crippen LogP) is 4.79. The lowest BCUT2D eigenvalue weighted by Crippen LogP contribution is -2.15. The molecule has 0 bridgehead atoms. The average molecular weight is 409 g/mol. The van der Waals surface area contributed by atoms with Gasteiger partial charge in [-0.05, 0) is 32.0 Å². The van der Waals surface area contributed by atoms with Crippen molar-refractivity contribution in [2.75, 3.05) is 11.1 Å². The van der Waals surface area contributed by atoms with E-state index in [1.165, 1.54) is 12.3 Å². The molecule has 0 aliphatic carbocycles. The lowest BCUT2D eigenvalue weighted by molar-refractivity contribution is -0.113. The highest BCUT2D eigenvalue weighted by atomic mass is 35.5. The molecule has 3 aromatic rings. The lowest BCUT2D eigenvalue weighted by atomic mass is 10.1. The van der Waals surface area contributed by atoms with Crippen LogP contribution in [0.2, 0.25) is 10.0 Å². The Morgan fingerprint density at radius 2 is 1.88 bits per heavy atom. The van der Waals surface area contributed by atoms with Gasteiger partial charge in [0.25, 0.3) is 5.22 Å². The molecule has 0 atom stereocenters. The van der Waals surface area contributed by atoms with Crippen LogP contribution in [0.25, 0.3) is 11.5 Å². The third-order valence-corrected chi connectivity index (χ3v) is 4.58. The molecule has 2 heterocycles. The molecular weight excluding hydrogens is 395 g/mol. The number of nitrogens with zero attached hydrogens (tertiary/aromatic N) is 3. The Kier molecular flexibility index (Phi) is 5.80. The maximum atomic E-state index is 12.0. The fourth-order valence-corrected chi connectivity index (χ4v) is 3.28. The topological polar surface area (TPSA) is 80.9 Å². The molecule has 3 rings (SSSR count). The lowest BCUT2D eigenvalue weighted by Gasteiger charge is -2.05. The van der Waals surface area contributed by atoms with E-state index < -0.39 is 0 Å². The first kappa shape index (κ1) is 18.7. The fourth-order valence-electron chi connectivity index (χ4n) is 2.28. The summed E-state index contributed by atoms with van der Waals surface area (Å²) in [4.78, 5) is 16.0. The summed E-state index contributed by atoms with van der Waals surface area (Å²) in [6.45, 7) is 4.01. The first-order valence-electron chi connectivity index (χ1n) is 7.56. The van der Waals surface area contributed by atoms with Gasteiger partial charge in [0.05, 0.1) is 15.8 Å². The number of carbonyl (C=O) groups is 1. The molecule has 2 aromatic heterocycles. The van der Waals surface area contributed by atoms with Crippen LogP contribution in [0.3, 0.4) is 0 Å². The van der Waals surface area contributed by atoms with Gasteiger partial charge in [-0.3, -0.25) is 4.79 Å². The molecule has 26 heavy (non-hydrogen) atoms. The van der Waals surface area contributed by atoms with Crippen LogP contribution in [-0.2, 0) is 4.79 Å². The molecule has 0 unspecified atom stereocenters. The fraction of sp³-hybridized carbons (Fsp3) is 0.176. The molecule has 0 spiro atoms. The summed E-state index contributed by atoms with van der Waals surface area (Å²) in [6.07, 6.45) is 1.41. The van der Waals surface area contributed by atoms with Crippen LogP contribution >= 0.6 is 35.0 Å². The van der Waals surface area contributed by atoms with E-state index in [-0.39, 0.29) is 22.5 Å². The number of carbonyl (C=O) groups excluding carboxylic acids is 1. The highest BCUT2D eigenvalue weighted by molar-refractivity contribution is 7.99. The van der Waals surface area contributed by atoms with Crippen molar-refractivity contribution in [1.29, 1.82) is 0 Å². The van der Waals surface area contributed by atoms with E-state index in [1.54, 1.807) is 0 Å². The van der Waals surface area contributed by atoms with Gasteiger partial charge in [-0.2, -0.15) is 0 Å². The Bertz CT molecular complexity index is 941. The van der Waals surface area contributed by atoms with E-state index >= 15 is 0 Å². The minimum atomic E-state index is -0.294. The van der Waals surface area contributed by atoms with E-state index in [4.69, 9.17) is 27.6 Å². The van der Waals surface area contributed by atoms with Crippen molar-refractivity contribution in [2.24, 2.45) is 0 Å². The van der Waals surface area contributed by atoms with Crippen molar-refractivity contribution >= 4 is 46.7 Å². The molecule has 6 nitrogen and oxygen atoms in total. The highest BCUT2D eigenvalue weighted by Gasteiger charge is 2.13. The summed E-state index contributed by atoms with van der Waals surface area (Å²) in [5.41, 5.74) is 3.07. The second-order valence-corrected chi connectivity index (χ2v) is 7.34. The Labute approximate surface area is 164 Å². The van der Waals surface area contributed by atoms with E-state index in [1.807, 2.05) is 26.0 Å². The molecule has 1 aromatic carbocycles. The SMILES string of the molecule is Cc1cc(C)cc(-c2nnc(SCC(=O)Nc3ncc(Cl)cc3Cl)o2)c1. The molecule has 0 aliphatic rings. The zero-order chi connectivity index (χ0) is 18.7. The van der Waals surface area contributed by atoms with Gasteiger partial charge >= 0.3 is 0 Å². The second kappa shape index (κ2) is 8.07. The summed E-state index contributed by atoms with van der Waals surface area (Å²) >= 11 is 12.9. The number of aromatic nitrogens is 3. The summed E-state index contributed by atoms with van der Waals surface area (Å²) < 4.78 is 5.62. The summed E-state index contributed by atoms with van der Waals surface area (Å²) in [5.74, 6) is 0.456. The molecule has 0 aliphatic heterocycles. The van der Waals surface area contributed by atoms with Crippen molar-refractivity contribution in [2.45, 2.75) is 19.1 Å². The monoisotopic (exact) mass is 408 g/mol. The van der Waals surface area contributed by atoms with Crippen LogP contribution in [0.15, 0.2) is 40.1 Å². The molecule has 1 N–H and O–H groups in total. The number of anilines is 1. The number of nitrogens with one attached hydrogen (secondary N) is 1. The van der Waals surface area contributed by atoms with Gasteiger partial charge in [0.1, 0.15) is 0 Å². The highest BCUT2D eigenvalue weighted by Crippen LogP contribution is 2.26. The zero-order valence-corrected chi connectivity index (χ0v) is 16.2. The first-order chi connectivity index (χ1) is 12.4. The second-order valence-electron chi connectivity index (χ2n) is 5.57. The minimum absolute atomic E-state index is 0.0785. The molecule has 0 saturated heterocycles. The van der Waals surface area contributed by atoms with Crippen LogP contribution in [0.1, 0.15) is 11.1 Å². The summed E-state index contributed by atoms with van der Waals surface area (Å²) in [5, 5.41) is 11.6. The predicted molar refractivity (Wildman–Crippen MR) is 103 cm³/mol. The normalized spacial score (nSPS) is 10.8. The number of pyridine rings is 1. The van der Waals surface area contributed by atoms with Gasteiger partial charge in [-0.25, -0.2) is 4.98 Å². The Morgan fingerprint density at radius 3 is 2.58 bits per heavy atom. The van der Waals surface area contributed by atoms with Crippen LogP contribution < -0.4 is 5.32 Å². The minimum Gasteiger partial charge on any atom is -0.411 e. The first-order valence-corrected chi connectivity index (χ1v) is 9.31. The summed E-state index contributed by atoms with van der Waals surface area (Å²) in [7, 11) is 0. The number of rotatable bonds is 5. The molecular formula is C17H14Cl2N4O2S.